The molecule has 0 unspecified atom stereocenters. The smallest absolute Gasteiger partial charge is 0.225 e. The van der Waals surface area contributed by atoms with E-state index in [4.69, 9.17) is 26.8 Å². The molecule has 172 valence electrons. The highest BCUT2D eigenvalue weighted by Gasteiger charge is 2.12. The van der Waals surface area contributed by atoms with Crippen LogP contribution < -0.4 is 22.1 Å². The average molecular weight is 446 g/mol. The molecule has 3 aromatic rings. The predicted molar refractivity (Wildman–Crippen MR) is 134 cm³/mol. The number of benzene rings is 2. The third-order valence-electron chi connectivity index (χ3n) is 4.97. The number of guanidine groups is 1. The monoisotopic (exact) mass is 445 g/mol. The van der Waals surface area contributed by atoms with Gasteiger partial charge in [0, 0.05) is 41.2 Å². The fourth-order valence-corrected chi connectivity index (χ4v) is 3.34. The summed E-state index contributed by atoms with van der Waals surface area (Å²) in [5, 5.41) is 13.2. The molecule has 3 rings (SSSR count). The number of carbonyl (C=O) groups excluding carboxylic acids is 1. The van der Waals surface area contributed by atoms with Crippen LogP contribution in [0.1, 0.15) is 32.4 Å². The lowest BCUT2D eigenvalue weighted by molar-refractivity contribution is -0.116. The van der Waals surface area contributed by atoms with E-state index in [1.54, 1.807) is 0 Å². The Morgan fingerprint density at radius 1 is 1.00 bits per heavy atom. The van der Waals surface area contributed by atoms with Crippen molar-refractivity contribution in [2.75, 3.05) is 17.2 Å². The van der Waals surface area contributed by atoms with Crippen LogP contribution in [0.4, 0.5) is 11.4 Å². The van der Waals surface area contributed by atoms with Crippen molar-refractivity contribution in [3.05, 3.63) is 60.3 Å². The van der Waals surface area contributed by atoms with Crippen LogP contribution in [-0.4, -0.2) is 28.4 Å². The molecule has 1 amide bonds. The van der Waals surface area contributed by atoms with Crippen molar-refractivity contribution in [3.63, 3.8) is 0 Å². The molecule has 0 fully saturated rings. The van der Waals surface area contributed by atoms with Gasteiger partial charge in [0.2, 0.25) is 5.91 Å². The number of carbonyl (C=O) groups is 1. The van der Waals surface area contributed by atoms with Crippen molar-refractivity contribution < 1.29 is 4.79 Å². The lowest BCUT2D eigenvalue weighted by Gasteiger charge is -2.12. The zero-order valence-corrected chi connectivity index (χ0v) is 19.1. The molecule has 1 aromatic heterocycles. The summed E-state index contributed by atoms with van der Waals surface area (Å²) < 4.78 is 0. The van der Waals surface area contributed by atoms with Gasteiger partial charge < -0.3 is 22.1 Å². The number of aromatic nitrogens is 2. The summed E-state index contributed by atoms with van der Waals surface area (Å²) in [7, 11) is 0. The number of nitrogens with two attached hydrogens (primary N) is 2. The Kier molecular flexibility index (Phi) is 8.10. The molecule has 1 heterocycles. The van der Waals surface area contributed by atoms with Gasteiger partial charge in [0.15, 0.2) is 11.8 Å². The standard InChI is InChI=1S/C25H31N7O/c1-16(2)9-10-21-15-22(17-5-3-8-20(13-17)31-25(27)28)32-24(30-21)18-6-4-7-19(14-18)29-23(33)11-12-26/h3-8,13-16H,9-12,26H2,1-2H3,(H,29,33)(H4,27,28,31). The van der Waals surface area contributed by atoms with Gasteiger partial charge in [0.1, 0.15) is 0 Å². The average Bonchev–Trinajstić information content (AvgIpc) is 2.77. The molecule has 0 aliphatic carbocycles. The van der Waals surface area contributed by atoms with Crippen LogP contribution in [0.25, 0.3) is 22.6 Å². The fraction of sp³-hybridized carbons (Fsp3) is 0.280. The molecular weight excluding hydrogens is 414 g/mol. The summed E-state index contributed by atoms with van der Waals surface area (Å²) in [6, 6.07) is 17.1. The maximum Gasteiger partial charge on any atom is 0.225 e. The zero-order valence-electron chi connectivity index (χ0n) is 19.1. The van der Waals surface area contributed by atoms with Gasteiger partial charge in [0.05, 0.1) is 5.69 Å². The quantitative estimate of drug-likeness (QED) is 0.249. The molecule has 7 N–H and O–H groups in total. The van der Waals surface area contributed by atoms with E-state index < -0.39 is 0 Å². The summed E-state index contributed by atoms with van der Waals surface area (Å²) >= 11 is 0. The molecule has 8 heteroatoms. The van der Waals surface area contributed by atoms with Crippen molar-refractivity contribution in [2.45, 2.75) is 33.1 Å². The number of amides is 1. The van der Waals surface area contributed by atoms with Gasteiger partial charge >= 0.3 is 0 Å². The number of rotatable bonds is 9. The molecule has 0 aliphatic rings. The minimum absolute atomic E-state index is 0.123. The Morgan fingerprint density at radius 2 is 1.67 bits per heavy atom. The highest BCUT2D eigenvalue weighted by Crippen LogP contribution is 2.27. The van der Waals surface area contributed by atoms with Crippen molar-refractivity contribution in [2.24, 2.45) is 17.4 Å². The molecule has 0 saturated heterocycles. The number of aryl methyl sites for hydroxylation is 1. The van der Waals surface area contributed by atoms with E-state index in [9.17, 15) is 4.79 Å². The normalized spacial score (nSPS) is 10.8. The molecule has 0 bridgehead atoms. The molecule has 0 saturated carbocycles. The number of hydrogen-bond acceptors (Lipinski definition) is 5. The molecule has 0 aliphatic heterocycles. The summed E-state index contributed by atoms with van der Waals surface area (Å²) in [4.78, 5) is 21.6. The van der Waals surface area contributed by atoms with Crippen LogP contribution in [0, 0.1) is 11.3 Å². The molecule has 2 aromatic carbocycles. The third kappa shape index (κ3) is 7.11. The topological polar surface area (TPSA) is 143 Å². The summed E-state index contributed by atoms with van der Waals surface area (Å²) in [5.74, 6) is 0.889. The Balaban J connectivity index is 2.01. The first-order valence-corrected chi connectivity index (χ1v) is 11.0. The fourth-order valence-electron chi connectivity index (χ4n) is 3.34. The number of nitrogens with zero attached hydrogens (tertiary/aromatic N) is 2. The number of anilines is 2. The molecule has 0 spiro atoms. The SMILES string of the molecule is CC(C)CCc1cc(-c2cccc(NC(=N)N)c2)nc(-c2cccc(NC(=O)CCN)c2)n1. The summed E-state index contributed by atoms with van der Waals surface area (Å²) in [6.45, 7) is 4.67. The number of nitrogens with one attached hydrogen (secondary N) is 3. The van der Waals surface area contributed by atoms with Gasteiger partial charge in [-0.25, -0.2) is 9.97 Å². The van der Waals surface area contributed by atoms with Gasteiger partial charge in [-0.15, -0.1) is 0 Å². The van der Waals surface area contributed by atoms with Crippen LogP contribution in [-0.2, 0) is 11.2 Å². The summed E-state index contributed by atoms with van der Waals surface area (Å²) in [6.07, 6.45) is 2.11. The van der Waals surface area contributed by atoms with E-state index in [1.165, 1.54) is 0 Å². The van der Waals surface area contributed by atoms with Gasteiger partial charge in [-0.2, -0.15) is 0 Å². The van der Waals surface area contributed by atoms with Crippen molar-refractivity contribution in [3.8, 4) is 22.6 Å². The van der Waals surface area contributed by atoms with E-state index in [0.717, 1.165) is 35.4 Å². The maximum absolute atomic E-state index is 12.0. The number of hydrogen-bond donors (Lipinski definition) is 5. The zero-order chi connectivity index (χ0) is 23.8. The second-order valence-corrected chi connectivity index (χ2v) is 8.29. The summed E-state index contributed by atoms with van der Waals surface area (Å²) in [5.41, 5.74) is 15.8. The minimum Gasteiger partial charge on any atom is -0.370 e. The van der Waals surface area contributed by atoms with E-state index in [-0.39, 0.29) is 18.3 Å². The lowest BCUT2D eigenvalue weighted by Crippen LogP contribution is -2.20. The Bertz CT molecular complexity index is 1130. The van der Waals surface area contributed by atoms with Crippen molar-refractivity contribution in [1.82, 2.24) is 9.97 Å². The Hall–Kier alpha value is -3.78. The van der Waals surface area contributed by atoms with Crippen LogP contribution in [0.2, 0.25) is 0 Å². The van der Waals surface area contributed by atoms with Gasteiger partial charge in [-0.3, -0.25) is 10.2 Å². The van der Waals surface area contributed by atoms with E-state index in [1.807, 2.05) is 54.6 Å². The van der Waals surface area contributed by atoms with E-state index in [2.05, 4.69) is 24.5 Å². The first-order valence-electron chi connectivity index (χ1n) is 11.0. The molecule has 8 nitrogen and oxygen atoms in total. The predicted octanol–water partition coefficient (Wildman–Crippen LogP) is 3.99. The third-order valence-corrected chi connectivity index (χ3v) is 4.97. The van der Waals surface area contributed by atoms with Crippen LogP contribution in [0.15, 0.2) is 54.6 Å². The molecular formula is C25H31N7O. The second-order valence-electron chi connectivity index (χ2n) is 8.29. The molecule has 33 heavy (non-hydrogen) atoms. The highest BCUT2D eigenvalue weighted by atomic mass is 16.1. The van der Waals surface area contributed by atoms with Crippen molar-refractivity contribution >= 4 is 23.2 Å². The van der Waals surface area contributed by atoms with Crippen LogP contribution >= 0.6 is 0 Å². The second kappa shape index (κ2) is 11.2. The lowest BCUT2D eigenvalue weighted by atomic mass is 10.0. The first kappa shape index (κ1) is 23.9. The van der Waals surface area contributed by atoms with Crippen LogP contribution in [0.3, 0.4) is 0 Å². The Labute approximate surface area is 194 Å². The Morgan fingerprint density at radius 3 is 2.33 bits per heavy atom. The van der Waals surface area contributed by atoms with E-state index >= 15 is 0 Å². The first-order chi connectivity index (χ1) is 15.8. The largest absolute Gasteiger partial charge is 0.370 e. The van der Waals surface area contributed by atoms with Crippen molar-refractivity contribution in [1.29, 1.82) is 5.41 Å². The van der Waals surface area contributed by atoms with Crippen LogP contribution in [0.5, 0.6) is 0 Å². The molecule has 0 atom stereocenters. The van der Waals surface area contributed by atoms with Gasteiger partial charge in [0.25, 0.3) is 0 Å². The van der Waals surface area contributed by atoms with Gasteiger partial charge in [-0.05, 0) is 49.1 Å². The maximum atomic E-state index is 12.0. The van der Waals surface area contributed by atoms with Gasteiger partial charge in [-0.1, -0.05) is 38.1 Å². The molecule has 0 radical (unpaired) electrons. The minimum atomic E-state index is -0.128. The van der Waals surface area contributed by atoms with E-state index in [0.29, 0.717) is 29.7 Å². The highest BCUT2D eigenvalue weighted by molar-refractivity contribution is 5.91.